The van der Waals surface area contributed by atoms with Crippen LogP contribution in [0.2, 0.25) is 0 Å². The predicted molar refractivity (Wildman–Crippen MR) is 56.6 cm³/mol. The standard InChI is InChI=1S/C10H11N3O2/c1-5-3-6(9(14)15-2)4-7-8(5)13-10(11)12-7/h3-4H,1-2H3,(H3,11,12,13). The van der Waals surface area contributed by atoms with Crippen molar-refractivity contribution < 1.29 is 9.53 Å². The number of hydrogen-bond acceptors (Lipinski definition) is 4. The summed E-state index contributed by atoms with van der Waals surface area (Å²) in [5.74, 6) is -0.0247. The Balaban J connectivity index is 2.66. The van der Waals surface area contributed by atoms with Crippen molar-refractivity contribution in [3.63, 3.8) is 0 Å². The minimum absolute atomic E-state index is 0.343. The number of anilines is 1. The molecule has 0 spiro atoms. The van der Waals surface area contributed by atoms with Gasteiger partial charge in [0.25, 0.3) is 0 Å². The van der Waals surface area contributed by atoms with Crippen LogP contribution in [0.3, 0.4) is 0 Å². The molecule has 0 saturated heterocycles. The second-order valence-electron chi connectivity index (χ2n) is 3.30. The van der Waals surface area contributed by atoms with Crippen molar-refractivity contribution in [2.75, 3.05) is 12.8 Å². The molecule has 15 heavy (non-hydrogen) atoms. The maximum Gasteiger partial charge on any atom is 0.337 e. The highest BCUT2D eigenvalue weighted by Gasteiger charge is 2.10. The molecule has 78 valence electrons. The summed E-state index contributed by atoms with van der Waals surface area (Å²) in [6.07, 6.45) is 0. The zero-order valence-corrected chi connectivity index (χ0v) is 8.50. The van der Waals surface area contributed by atoms with Crippen molar-refractivity contribution in [3.8, 4) is 0 Å². The lowest BCUT2D eigenvalue weighted by Gasteiger charge is -2.00. The Bertz CT molecular complexity index is 531. The molecule has 0 bridgehead atoms. The van der Waals surface area contributed by atoms with Crippen LogP contribution in [0, 0.1) is 6.92 Å². The Hall–Kier alpha value is -2.04. The molecule has 0 fully saturated rings. The number of carbonyl (C=O) groups is 1. The molecule has 0 atom stereocenters. The topological polar surface area (TPSA) is 81.0 Å². The molecule has 2 rings (SSSR count). The van der Waals surface area contributed by atoms with E-state index in [1.54, 1.807) is 12.1 Å². The second-order valence-corrected chi connectivity index (χ2v) is 3.30. The number of nitrogens with one attached hydrogen (secondary N) is 1. The van der Waals surface area contributed by atoms with Gasteiger partial charge in [-0.3, -0.25) is 0 Å². The molecule has 0 unspecified atom stereocenters. The molecule has 0 aliphatic rings. The van der Waals surface area contributed by atoms with Crippen molar-refractivity contribution in [1.29, 1.82) is 0 Å². The number of rotatable bonds is 1. The fourth-order valence-electron chi connectivity index (χ4n) is 1.55. The van der Waals surface area contributed by atoms with Gasteiger partial charge in [0.15, 0.2) is 5.95 Å². The summed E-state index contributed by atoms with van der Waals surface area (Å²) < 4.78 is 4.64. The van der Waals surface area contributed by atoms with Crippen LogP contribution in [-0.2, 0) is 4.74 Å². The van der Waals surface area contributed by atoms with Crippen molar-refractivity contribution in [3.05, 3.63) is 23.3 Å². The molecule has 2 aromatic rings. The molecular weight excluding hydrogens is 194 g/mol. The van der Waals surface area contributed by atoms with Gasteiger partial charge in [-0.25, -0.2) is 9.78 Å². The van der Waals surface area contributed by atoms with Gasteiger partial charge in [0.1, 0.15) is 0 Å². The third-order valence-electron chi connectivity index (χ3n) is 2.22. The molecule has 0 aliphatic carbocycles. The third-order valence-corrected chi connectivity index (χ3v) is 2.22. The number of carbonyl (C=O) groups excluding carboxylic acids is 1. The summed E-state index contributed by atoms with van der Waals surface area (Å²) in [4.78, 5) is 18.3. The van der Waals surface area contributed by atoms with E-state index in [2.05, 4.69) is 14.7 Å². The van der Waals surface area contributed by atoms with Gasteiger partial charge in [-0.05, 0) is 24.6 Å². The van der Waals surface area contributed by atoms with Gasteiger partial charge in [0, 0.05) is 0 Å². The minimum atomic E-state index is -0.367. The number of aromatic nitrogens is 2. The van der Waals surface area contributed by atoms with E-state index in [1.807, 2.05) is 6.92 Å². The molecular formula is C10H11N3O2. The predicted octanol–water partition coefficient (Wildman–Crippen LogP) is 1.24. The molecule has 1 heterocycles. The molecule has 3 N–H and O–H groups in total. The number of fused-ring (bicyclic) bond motifs is 1. The summed E-state index contributed by atoms with van der Waals surface area (Å²) in [5.41, 5.74) is 8.44. The normalized spacial score (nSPS) is 10.5. The van der Waals surface area contributed by atoms with Gasteiger partial charge in [0.2, 0.25) is 0 Å². The number of aromatic amines is 1. The Morgan fingerprint density at radius 3 is 2.93 bits per heavy atom. The highest BCUT2D eigenvalue weighted by atomic mass is 16.5. The van der Waals surface area contributed by atoms with Crippen LogP contribution in [0.1, 0.15) is 15.9 Å². The Kier molecular flexibility index (Phi) is 2.07. The van der Waals surface area contributed by atoms with E-state index in [0.29, 0.717) is 11.5 Å². The number of nitrogen functional groups attached to an aromatic ring is 1. The highest BCUT2D eigenvalue weighted by Crippen LogP contribution is 2.19. The first kappa shape index (κ1) is 9.51. The minimum Gasteiger partial charge on any atom is -0.465 e. The molecule has 1 aromatic carbocycles. The lowest BCUT2D eigenvalue weighted by atomic mass is 10.1. The number of esters is 1. The van der Waals surface area contributed by atoms with Gasteiger partial charge in [-0.1, -0.05) is 0 Å². The average molecular weight is 205 g/mol. The van der Waals surface area contributed by atoms with Gasteiger partial charge in [-0.2, -0.15) is 0 Å². The first-order valence-corrected chi connectivity index (χ1v) is 4.46. The van der Waals surface area contributed by atoms with Crippen LogP contribution in [0.15, 0.2) is 12.1 Å². The maximum atomic E-state index is 11.3. The molecule has 0 radical (unpaired) electrons. The fourth-order valence-corrected chi connectivity index (χ4v) is 1.55. The van der Waals surface area contributed by atoms with Crippen molar-refractivity contribution in [2.45, 2.75) is 6.92 Å². The van der Waals surface area contributed by atoms with E-state index < -0.39 is 0 Å². The van der Waals surface area contributed by atoms with Gasteiger partial charge >= 0.3 is 5.97 Å². The molecule has 1 aromatic heterocycles. The number of ether oxygens (including phenoxy) is 1. The Labute approximate surface area is 86.3 Å². The lowest BCUT2D eigenvalue weighted by Crippen LogP contribution is -2.01. The monoisotopic (exact) mass is 205 g/mol. The van der Waals surface area contributed by atoms with Crippen LogP contribution < -0.4 is 5.73 Å². The Morgan fingerprint density at radius 1 is 1.53 bits per heavy atom. The van der Waals surface area contributed by atoms with Crippen molar-refractivity contribution >= 4 is 23.0 Å². The van der Waals surface area contributed by atoms with Crippen LogP contribution >= 0.6 is 0 Å². The zero-order valence-electron chi connectivity index (χ0n) is 8.50. The summed E-state index contributed by atoms with van der Waals surface area (Å²) in [5, 5.41) is 0. The van der Waals surface area contributed by atoms with E-state index in [1.165, 1.54) is 7.11 Å². The van der Waals surface area contributed by atoms with Gasteiger partial charge < -0.3 is 15.5 Å². The van der Waals surface area contributed by atoms with E-state index >= 15 is 0 Å². The van der Waals surface area contributed by atoms with E-state index in [0.717, 1.165) is 16.6 Å². The summed E-state index contributed by atoms with van der Waals surface area (Å²) in [6.45, 7) is 1.87. The number of aryl methyl sites for hydroxylation is 1. The summed E-state index contributed by atoms with van der Waals surface area (Å²) in [6, 6.07) is 3.41. The number of nitrogens with two attached hydrogens (primary N) is 1. The first-order chi connectivity index (χ1) is 7.11. The van der Waals surface area contributed by atoms with Crippen LogP contribution in [0.25, 0.3) is 11.0 Å². The number of benzene rings is 1. The fraction of sp³-hybridized carbons (Fsp3) is 0.200. The number of H-pyrrole nitrogens is 1. The van der Waals surface area contributed by atoms with E-state index in [9.17, 15) is 4.79 Å². The largest absolute Gasteiger partial charge is 0.465 e. The highest BCUT2D eigenvalue weighted by molar-refractivity contribution is 5.95. The van der Waals surface area contributed by atoms with Gasteiger partial charge in [-0.15, -0.1) is 0 Å². The number of nitrogens with zero attached hydrogens (tertiary/aromatic N) is 1. The molecule has 5 heteroatoms. The molecule has 0 aliphatic heterocycles. The molecule has 5 nitrogen and oxygen atoms in total. The average Bonchev–Trinajstić information content (AvgIpc) is 2.58. The molecule has 0 saturated carbocycles. The van der Waals surface area contributed by atoms with Crippen molar-refractivity contribution in [1.82, 2.24) is 9.97 Å². The number of methoxy groups -OCH3 is 1. The quantitative estimate of drug-likeness (QED) is 0.686. The van der Waals surface area contributed by atoms with Crippen LogP contribution in [-0.4, -0.2) is 23.0 Å². The SMILES string of the molecule is COC(=O)c1cc(C)c2nc(N)[nH]c2c1. The lowest BCUT2D eigenvalue weighted by molar-refractivity contribution is 0.0601. The Morgan fingerprint density at radius 2 is 2.27 bits per heavy atom. The smallest absolute Gasteiger partial charge is 0.337 e. The number of imidazole rings is 1. The maximum absolute atomic E-state index is 11.3. The van der Waals surface area contributed by atoms with E-state index in [-0.39, 0.29) is 5.97 Å². The van der Waals surface area contributed by atoms with Crippen LogP contribution in [0.5, 0.6) is 0 Å². The second kappa shape index (κ2) is 3.27. The van der Waals surface area contributed by atoms with Crippen molar-refractivity contribution in [2.24, 2.45) is 0 Å². The van der Waals surface area contributed by atoms with Crippen LogP contribution in [0.4, 0.5) is 5.95 Å². The summed E-state index contributed by atoms with van der Waals surface area (Å²) in [7, 11) is 1.35. The van der Waals surface area contributed by atoms with Gasteiger partial charge in [0.05, 0.1) is 23.7 Å². The summed E-state index contributed by atoms with van der Waals surface area (Å²) >= 11 is 0. The zero-order chi connectivity index (χ0) is 11.0. The molecule has 0 amide bonds. The first-order valence-electron chi connectivity index (χ1n) is 4.46. The number of hydrogen-bond donors (Lipinski definition) is 2. The third kappa shape index (κ3) is 1.52. The van der Waals surface area contributed by atoms with E-state index in [4.69, 9.17) is 5.73 Å².